The lowest BCUT2D eigenvalue weighted by atomic mass is 9.52. The third-order valence-electron chi connectivity index (χ3n) is 7.97. The number of likely N-dealkylation sites (N-methyl/N-ethyl adjacent to an activating group) is 1. The SMILES string of the molecule is CCC=O.CCN1CC2CCC(C1)N2c1ncc(CN(C)CC2CC3(CCC3)C2)cn1. The third kappa shape index (κ3) is 5.11. The van der Waals surface area contributed by atoms with E-state index < -0.39 is 0 Å². The van der Waals surface area contributed by atoms with Gasteiger partial charge in [0, 0.05) is 62.6 Å². The molecule has 2 aliphatic carbocycles. The number of rotatable bonds is 7. The normalized spacial score (nSPS) is 26.9. The van der Waals surface area contributed by atoms with E-state index in [-0.39, 0.29) is 0 Å². The molecule has 31 heavy (non-hydrogen) atoms. The van der Waals surface area contributed by atoms with Gasteiger partial charge in [0.2, 0.25) is 5.95 Å². The molecule has 0 aromatic carbocycles. The van der Waals surface area contributed by atoms with Crippen LogP contribution in [-0.4, -0.2) is 71.4 Å². The Morgan fingerprint density at radius 3 is 2.23 bits per heavy atom. The van der Waals surface area contributed by atoms with Gasteiger partial charge in [-0.3, -0.25) is 4.90 Å². The van der Waals surface area contributed by atoms with E-state index in [4.69, 9.17) is 9.97 Å². The fraction of sp³-hybridized carbons (Fsp3) is 0.800. The van der Waals surface area contributed by atoms with Crippen molar-refractivity contribution in [3.63, 3.8) is 0 Å². The van der Waals surface area contributed by atoms with Gasteiger partial charge in [-0.05, 0) is 63.5 Å². The van der Waals surface area contributed by atoms with Crippen LogP contribution in [0.3, 0.4) is 0 Å². The van der Waals surface area contributed by atoms with Crippen molar-refractivity contribution in [2.75, 3.05) is 38.1 Å². The zero-order valence-electron chi connectivity index (χ0n) is 19.8. The van der Waals surface area contributed by atoms with Gasteiger partial charge in [0.15, 0.2) is 0 Å². The summed E-state index contributed by atoms with van der Waals surface area (Å²) in [6.07, 6.45) is 15.6. The predicted molar refractivity (Wildman–Crippen MR) is 125 cm³/mol. The Kier molecular flexibility index (Phi) is 7.27. The molecule has 2 saturated heterocycles. The summed E-state index contributed by atoms with van der Waals surface area (Å²) in [4.78, 5) is 26.3. The maximum absolute atomic E-state index is 9.17. The van der Waals surface area contributed by atoms with Crippen molar-refractivity contribution in [3.8, 4) is 0 Å². The number of carbonyl (C=O) groups excluding carboxylic acids is 1. The molecule has 2 unspecified atom stereocenters. The molecule has 4 fully saturated rings. The highest BCUT2D eigenvalue weighted by Gasteiger charge is 2.47. The second kappa shape index (κ2) is 9.95. The molecule has 0 amide bonds. The van der Waals surface area contributed by atoms with Gasteiger partial charge in [0.25, 0.3) is 0 Å². The van der Waals surface area contributed by atoms with Crippen LogP contribution in [0.5, 0.6) is 0 Å². The zero-order chi connectivity index (χ0) is 21.8. The molecule has 0 N–H and O–H groups in total. The molecule has 3 heterocycles. The monoisotopic (exact) mass is 427 g/mol. The molecule has 0 radical (unpaired) electrons. The Balaban J connectivity index is 0.000000535. The van der Waals surface area contributed by atoms with Gasteiger partial charge in [-0.15, -0.1) is 0 Å². The van der Waals surface area contributed by atoms with Crippen LogP contribution in [0, 0.1) is 11.3 Å². The highest BCUT2D eigenvalue weighted by Crippen LogP contribution is 2.58. The zero-order valence-corrected chi connectivity index (χ0v) is 19.8. The van der Waals surface area contributed by atoms with Crippen molar-refractivity contribution in [2.24, 2.45) is 11.3 Å². The van der Waals surface area contributed by atoms with Gasteiger partial charge >= 0.3 is 0 Å². The highest BCUT2D eigenvalue weighted by atomic mass is 16.1. The predicted octanol–water partition coefficient (Wildman–Crippen LogP) is 3.76. The summed E-state index contributed by atoms with van der Waals surface area (Å²) in [5, 5.41) is 0. The van der Waals surface area contributed by atoms with E-state index in [2.05, 4.69) is 41.1 Å². The average molecular weight is 428 g/mol. The van der Waals surface area contributed by atoms with Crippen molar-refractivity contribution < 1.29 is 4.79 Å². The fourth-order valence-electron chi connectivity index (χ4n) is 6.33. The average Bonchev–Trinajstić information content (AvgIpc) is 2.99. The molecule has 2 atom stereocenters. The number of hydrogen-bond donors (Lipinski definition) is 0. The number of aromatic nitrogens is 2. The standard InChI is InChI=1S/C22H35N5.C3H6O/c1-3-26-15-19-5-6-20(16-26)27(19)21-23-11-18(12-24-21)14-25(2)13-17-9-22(10-17)7-4-8-22;1-2-3-4/h11-12,17,19-20H,3-10,13-16H2,1-2H3;3H,2H2,1H3. The Bertz CT molecular complexity index is 697. The van der Waals surface area contributed by atoms with Crippen molar-refractivity contribution in [2.45, 2.75) is 83.8 Å². The van der Waals surface area contributed by atoms with Crippen LogP contribution in [0.2, 0.25) is 0 Å². The van der Waals surface area contributed by atoms with E-state index >= 15 is 0 Å². The number of anilines is 1. The molecule has 6 nitrogen and oxygen atoms in total. The molecule has 2 saturated carbocycles. The van der Waals surface area contributed by atoms with E-state index in [1.54, 1.807) is 0 Å². The lowest BCUT2D eigenvalue weighted by Gasteiger charge is -2.55. The largest absolute Gasteiger partial charge is 0.332 e. The molecule has 2 bridgehead atoms. The topological polar surface area (TPSA) is 52.6 Å². The molecule has 172 valence electrons. The summed E-state index contributed by atoms with van der Waals surface area (Å²) in [6.45, 7) is 9.79. The van der Waals surface area contributed by atoms with Gasteiger partial charge in [-0.25, -0.2) is 9.97 Å². The van der Waals surface area contributed by atoms with E-state index in [0.717, 1.165) is 36.7 Å². The third-order valence-corrected chi connectivity index (χ3v) is 7.97. The summed E-state index contributed by atoms with van der Waals surface area (Å²) < 4.78 is 0. The molecule has 1 aromatic rings. The van der Waals surface area contributed by atoms with Crippen LogP contribution < -0.4 is 4.90 Å². The first kappa shape index (κ1) is 22.7. The Morgan fingerprint density at radius 2 is 1.74 bits per heavy atom. The first-order valence-electron chi connectivity index (χ1n) is 12.5. The molecular weight excluding hydrogens is 386 g/mol. The Labute approximate surface area is 188 Å². The summed E-state index contributed by atoms with van der Waals surface area (Å²) in [5.41, 5.74) is 2.04. The number of piperazine rings is 1. The van der Waals surface area contributed by atoms with E-state index in [9.17, 15) is 4.79 Å². The highest BCUT2D eigenvalue weighted by molar-refractivity contribution is 5.48. The van der Waals surface area contributed by atoms with Gasteiger partial charge in [0.05, 0.1) is 0 Å². The number of nitrogens with zero attached hydrogens (tertiary/aromatic N) is 5. The second-order valence-electron chi connectivity index (χ2n) is 10.4. The van der Waals surface area contributed by atoms with Crippen LogP contribution in [-0.2, 0) is 11.3 Å². The number of likely N-dealkylation sites (tertiary alicyclic amines) is 1. The molecular formula is C25H41N5O. The van der Waals surface area contributed by atoms with E-state index in [0.29, 0.717) is 18.5 Å². The lowest BCUT2D eigenvalue weighted by molar-refractivity contribution is -0.107. The Hall–Kier alpha value is -1.53. The molecule has 1 spiro atoms. The van der Waals surface area contributed by atoms with E-state index in [1.807, 2.05) is 6.92 Å². The minimum atomic E-state index is 0.606. The van der Waals surface area contributed by atoms with Crippen LogP contribution in [0.1, 0.15) is 70.8 Å². The summed E-state index contributed by atoms with van der Waals surface area (Å²) in [7, 11) is 2.25. The minimum Gasteiger partial charge on any atom is -0.332 e. The van der Waals surface area contributed by atoms with Gasteiger partial charge < -0.3 is 14.6 Å². The minimum absolute atomic E-state index is 0.606. The first-order valence-corrected chi connectivity index (χ1v) is 12.5. The van der Waals surface area contributed by atoms with Crippen molar-refractivity contribution in [1.29, 1.82) is 0 Å². The quantitative estimate of drug-likeness (QED) is 0.618. The fourth-order valence-corrected chi connectivity index (χ4v) is 6.33. The molecule has 1 aromatic heterocycles. The van der Waals surface area contributed by atoms with Gasteiger partial charge in [-0.1, -0.05) is 20.3 Å². The lowest BCUT2D eigenvalue weighted by Crippen LogP contribution is -2.54. The van der Waals surface area contributed by atoms with Crippen LogP contribution in [0.4, 0.5) is 5.95 Å². The summed E-state index contributed by atoms with van der Waals surface area (Å²) >= 11 is 0. The van der Waals surface area contributed by atoms with Crippen LogP contribution in [0.25, 0.3) is 0 Å². The summed E-state index contributed by atoms with van der Waals surface area (Å²) in [6, 6.07) is 1.21. The number of fused-ring (bicyclic) bond motifs is 2. The van der Waals surface area contributed by atoms with Crippen molar-refractivity contribution in [3.05, 3.63) is 18.0 Å². The summed E-state index contributed by atoms with van der Waals surface area (Å²) in [5.74, 6) is 1.87. The smallest absolute Gasteiger partial charge is 0.225 e. The first-order chi connectivity index (χ1) is 15.1. The molecule has 2 aliphatic heterocycles. The van der Waals surface area contributed by atoms with Gasteiger partial charge in [-0.2, -0.15) is 0 Å². The number of carbonyl (C=O) groups is 1. The van der Waals surface area contributed by atoms with Gasteiger partial charge in [0.1, 0.15) is 6.29 Å². The number of aldehydes is 1. The Morgan fingerprint density at radius 1 is 1.13 bits per heavy atom. The maximum atomic E-state index is 9.17. The van der Waals surface area contributed by atoms with Crippen molar-refractivity contribution >= 4 is 12.2 Å². The van der Waals surface area contributed by atoms with E-state index in [1.165, 1.54) is 70.1 Å². The maximum Gasteiger partial charge on any atom is 0.225 e. The molecule has 4 aliphatic rings. The number of hydrogen-bond acceptors (Lipinski definition) is 6. The second-order valence-corrected chi connectivity index (χ2v) is 10.4. The van der Waals surface area contributed by atoms with Crippen LogP contribution in [0.15, 0.2) is 12.4 Å². The molecule has 5 rings (SSSR count). The van der Waals surface area contributed by atoms with Crippen molar-refractivity contribution in [1.82, 2.24) is 19.8 Å². The van der Waals surface area contributed by atoms with Crippen LogP contribution >= 0.6 is 0 Å². The molecule has 6 heteroatoms.